The number of benzene rings is 2. The van der Waals surface area contributed by atoms with Gasteiger partial charge in [-0.25, -0.2) is 8.78 Å². The molecule has 0 atom stereocenters. The number of halogens is 3. The van der Waals surface area contributed by atoms with Crippen molar-refractivity contribution in [2.75, 3.05) is 51.8 Å². The molecule has 1 aliphatic heterocycles. The van der Waals surface area contributed by atoms with Crippen LogP contribution in [0.5, 0.6) is 11.5 Å². The molecular weight excluding hydrogens is 441 g/mol. The van der Waals surface area contributed by atoms with Crippen LogP contribution in [0.1, 0.15) is 5.56 Å². The quantitative estimate of drug-likeness (QED) is 0.493. The van der Waals surface area contributed by atoms with Crippen LogP contribution in [0.4, 0.5) is 18.3 Å². The van der Waals surface area contributed by atoms with E-state index >= 15 is 0 Å². The fourth-order valence-electron chi connectivity index (χ4n) is 3.62. The summed E-state index contributed by atoms with van der Waals surface area (Å²) in [6, 6.07) is 8.93. The fraction of sp³-hybridized carbons (Fsp3) is 0.364. The second kappa shape index (κ2) is 9.74. The van der Waals surface area contributed by atoms with E-state index in [4.69, 9.17) is 4.74 Å². The van der Waals surface area contributed by atoms with Crippen LogP contribution in [0.25, 0.3) is 11.4 Å². The Labute approximate surface area is 188 Å². The normalized spacial score (nSPS) is 14.6. The van der Waals surface area contributed by atoms with Gasteiger partial charge in [0, 0.05) is 44.3 Å². The van der Waals surface area contributed by atoms with Crippen molar-refractivity contribution in [2.45, 2.75) is 6.42 Å². The molecule has 2 heterocycles. The van der Waals surface area contributed by atoms with E-state index in [1.807, 2.05) is 12.1 Å². The van der Waals surface area contributed by atoms with Crippen molar-refractivity contribution in [3.63, 3.8) is 0 Å². The van der Waals surface area contributed by atoms with Crippen molar-refractivity contribution in [1.29, 1.82) is 0 Å². The third kappa shape index (κ3) is 4.66. The SMILES string of the molecule is COc1ccc(CCN2CCN(c3nc(-c4cc(F)c(OC)c(F)c4F)ns3)CC2)cc1. The number of methoxy groups -OCH3 is 2. The van der Waals surface area contributed by atoms with Gasteiger partial charge in [-0.2, -0.15) is 13.7 Å². The van der Waals surface area contributed by atoms with Gasteiger partial charge < -0.3 is 14.4 Å². The molecule has 6 nitrogen and oxygen atoms in total. The number of nitrogens with zero attached hydrogens (tertiary/aromatic N) is 4. The molecule has 0 unspecified atom stereocenters. The molecule has 0 amide bonds. The van der Waals surface area contributed by atoms with E-state index in [1.165, 1.54) is 5.56 Å². The van der Waals surface area contributed by atoms with Gasteiger partial charge in [0.1, 0.15) is 5.75 Å². The molecule has 32 heavy (non-hydrogen) atoms. The first-order chi connectivity index (χ1) is 15.5. The number of hydrogen-bond donors (Lipinski definition) is 0. The third-order valence-electron chi connectivity index (χ3n) is 5.50. The van der Waals surface area contributed by atoms with Gasteiger partial charge in [-0.15, -0.1) is 0 Å². The maximum atomic E-state index is 14.4. The summed E-state index contributed by atoms with van der Waals surface area (Å²) in [7, 11) is 2.73. The summed E-state index contributed by atoms with van der Waals surface area (Å²) in [5, 5.41) is 0.603. The van der Waals surface area contributed by atoms with Gasteiger partial charge in [0.2, 0.25) is 10.9 Å². The van der Waals surface area contributed by atoms with E-state index in [9.17, 15) is 13.2 Å². The summed E-state index contributed by atoms with van der Waals surface area (Å²) >= 11 is 1.09. The molecule has 3 aromatic rings. The first-order valence-corrected chi connectivity index (χ1v) is 10.9. The smallest absolute Gasteiger partial charge is 0.205 e. The zero-order valence-corrected chi connectivity index (χ0v) is 18.6. The number of rotatable bonds is 7. The van der Waals surface area contributed by atoms with Gasteiger partial charge in [-0.1, -0.05) is 12.1 Å². The highest BCUT2D eigenvalue weighted by atomic mass is 32.1. The van der Waals surface area contributed by atoms with Crippen molar-refractivity contribution in [2.24, 2.45) is 0 Å². The van der Waals surface area contributed by atoms with Crippen molar-refractivity contribution in [3.05, 3.63) is 53.3 Å². The predicted molar refractivity (Wildman–Crippen MR) is 117 cm³/mol. The maximum Gasteiger partial charge on any atom is 0.205 e. The van der Waals surface area contributed by atoms with Crippen LogP contribution < -0.4 is 14.4 Å². The van der Waals surface area contributed by atoms with Crippen LogP contribution in [0.2, 0.25) is 0 Å². The highest BCUT2D eigenvalue weighted by Crippen LogP contribution is 2.33. The number of ether oxygens (including phenoxy) is 2. The second-order valence-corrected chi connectivity index (χ2v) is 8.12. The Kier molecular flexibility index (Phi) is 6.80. The lowest BCUT2D eigenvalue weighted by atomic mass is 10.1. The van der Waals surface area contributed by atoms with Crippen LogP contribution in [0, 0.1) is 17.5 Å². The van der Waals surface area contributed by atoms with Crippen LogP contribution in [0.15, 0.2) is 30.3 Å². The van der Waals surface area contributed by atoms with Crippen molar-refractivity contribution in [1.82, 2.24) is 14.3 Å². The van der Waals surface area contributed by atoms with E-state index < -0.39 is 23.2 Å². The Balaban J connectivity index is 1.36. The number of piperazine rings is 1. The Morgan fingerprint density at radius 1 is 0.969 bits per heavy atom. The van der Waals surface area contributed by atoms with Gasteiger partial charge >= 0.3 is 0 Å². The highest BCUT2D eigenvalue weighted by molar-refractivity contribution is 7.09. The molecule has 0 spiro atoms. The van der Waals surface area contributed by atoms with Crippen molar-refractivity contribution >= 4 is 16.7 Å². The molecule has 1 aliphatic rings. The van der Waals surface area contributed by atoms with Crippen molar-refractivity contribution in [3.8, 4) is 22.9 Å². The molecule has 0 N–H and O–H groups in total. The second-order valence-electron chi connectivity index (χ2n) is 7.39. The molecule has 1 saturated heterocycles. The lowest BCUT2D eigenvalue weighted by Gasteiger charge is -2.34. The molecule has 1 aromatic heterocycles. The molecule has 0 saturated carbocycles. The van der Waals surface area contributed by atoms with E-state index in [1.54, 1.807) is 7.11 Å². The summed E-state index contributed by atoms with van der Waals surface area (Å²) in [6.07, 6.45) is 0.945. The first-order valence-electron chi connectivity index (χ1n) is 10.2. The summed E-state index contributed by atoms with van der Waals surface area (Å²) in [4.78, 5) is 8.75. The van der Waals surface area contributed by atoms with Gasteiger partial charge in [0.05, 0.1) is 19.8 Å². The van der Waals surface area contributed by atoms with Gasteiger partial charge in [0.25, 0.3) is 0 Å². The number of aromatic nitrogens is 2. The van der Waals surface area contributed by atoms with Crippen LogP contribution >= 0.6 is 11.5 Å². The van der Waals surface area contributed by atoms with Crippen LogP contribution in [-0.4, -0.2) is 61.2 Å². The molecule has 0 aliphatic carbocycles. The lowest BCUT2D eigenvalue weighted by molar-refractivity contribution is 0.261. The predicted octanol–water partition coefficient (Wildman–Crippen LogP) is 4.00. The van der Waals surface area contributed by atoms with E-state index in [0.717, 1.165) is 69.6 Å². The maximum absolute atomic E-state index is 14.4. The highest BCUT2D eigenvalue weighted by Gasteiger charge is 2.25. The zero-order chi connectivity index (χ0) is 22.7. The average molecular weight is 465 g/mol. The molecule has 1 fully saturated rings. The summed E-state index contributed by atoms with van der Waals surface area (Å²) < 4.78 is 56.3. The largest absolute Gasteiger partial charge is 0.497 e. The lowest BCUT2D eigenvalue weighted by Crippen LogP contribution is -2.47. The van der Waals surface area contributed by atoms with E-state index in [2.05, 4.69) is 36.0 Å². The minimum absolute atomic E-state index is 0.0371. The average Bonchev–Trinajstić information content (AvgIpc) is 3.31. The number of hydrogen-bond acceptors (Lipinski definition) is 7. The third-order valence-corrected chi connectivity index (χ3v) is 6.27. The standard InChI is InChI=1S/C22H23F3N4O2S/c1-30-15-5-3-14(4-6-15)7-8-28-9-11-29(12-10-28)22-26-21(27-32-22)16-13-17(23)20(31-2)19(25)18(16)24/h3-6,13H,7-12H2,1-2H3. The molecule has 170 valence electrons. The minimum atomic E-state index is -1.38. The molecule has 0 radical (unpaired) electrons. The van der Waals surface area contributed by atoms with Gasteiger partial charge in [-0.05, 0) is 30.2 Å². The summed E-state index contributed by atoms with van der Waals surface area (Å²) in [5.41, 5.74) is 0.935. The van der Waals surface area contributed by atoms with Crippen LogP contribution in [-0.2, 0) is 6.42 Å². The minimum Gasteiger partial charge on any atom is -0.497 e. The summed E-state index contributed by atoms with van der Waals surface area (Å²) in [5.74, 6) is -3.56. The molecule has 0 bridgehead atoms. The summed E-state index contributed by atoms with van der Waals surface area (Å²) in [6.45, 7) is 4.13. The Bertz CT molecular complexity index is 1070. The fourth-order valence-corrected chi connectivity index (χ4v) is 4.36. The zero-order valence-electron chi connectivity index (χ0n) is 17.8. The van der Waals surface area contributed by atoms with Gasteiger partial charge in [0.15, 0.2) is 23.2 Å². The van der Waals surface area contributed by atoms with Crippen LogP contribution in [0.3, 0.4) is 0 Å². The first kappa shape index (κ1) is 22.3. The van der Waals surface area contributed by atoms with Gasteiger partial charge in [-0.3, -0.25) is 4.90 Å². The molecule has 4 rings (SSSR count). The number of anilines is 1. The topological polar surface area (TPSA) is 50.7 Å². The Hall–Kier alpha value is -2.85. The van der Waals surface area contributed by atoms with E-state index in [-0.39, 0.29) is 11.4 Å². The molecule has 10 heteroatoms. The Morgan fingerprint density at radius 3 is 2.34 bits per heavy atom. The molecule has 2 aromatic carbocycles. The van der Waals surface area contributed by atoms with E-state index in [0.29, 0.717) is 5.13 Å². The molecular formula is C22H23F3N4O2S. The van der Waals surface area contributed by atoms with Crippen molar-refractivity contribution < 1.29 is 22.6 Å². The Morgan fingerprint density at radius 2 is 1.69 bits per heavy atom. The monoisotopic (exact) mass is 464 g/mol.